The average Bonchev–Trinajstić information content (AvgIpc) is 3.62. The van der Waals surface area contributed by atoms with Crippen molar-refractivity contribution in [2.75, 3.05) is 4.90 Å². The zero-order valence-electron chi connectivity index (χ0n) is 21.3. The highest BCUT2D eigenvalue weighted by atomic mass is 35.5. The maximum atomic E-state index is 13.5. The second-order valence-electron chi connectivity index (χ2n) is 9.55. The van der Waals surface area contributed by atoms with Crippen LogP contribution in [0.1, 0.15) is 35.2 Å². The number of halogens is 3. The molecule has 7 nitrogen and oxygen atoms in total. The summed E-state index contributed by atoms with van der Waals surface area (Å²) in [6.07, 6.45) is 0.689. The van der Waals surface area contributed by atoms with Gasteiger partial charge in [-0.25, -0.2) is 0 Å². The summed E-state index contributed by atoms with van der Waals surface area (Å²) in [5, 5.41) is 21.7. The fourth-order valence-electron chi connectivity index (χ4n) is 4.88. The molecule has 0 aliphatic carbocycles. The number of carbonyl (C=O) groups excluding carboxylic acids is 2. The standard InChI is InChI=1S/C29H20Cl3N3O4S2/c1-14-9-18-10-16(6-8-22(18)39-14)25(36)23-24(15-3-2-4-19(30)11-15)35(27(38)26(23)37)28-33-34-29(41-28)40-13-17-5-7-20(31)12-21(17)32/h2-8,10-12,14,24,36H,9,13H2,1H3. The topological polar surface area (TPSA) is 92.6 Å². The van der Waals surface area contributed by atoms with Gasteiger partial charge in [-0.15, -0.1) is 10.2 Å². The van der Waals surface area contributed by atoms with E-state index in [4.69, 9.17) is 39.5 Å². The third-order valence-corrected chi connectivity index (χ3v) is 9.67. The molecule has 2 atom stereocenters. The monoisotopic (exact) mass is 643 g/mol. The van der Waals surface area contributed by atoms with Crippen LogP contribution in [0.3, 0.4) is 0 Å². The Morgan fingerprint density at radius 3 is 2.66 bits per heavy atom. The fourth-order valence-corrected chi connectivity index (χ4v) is 7.51. The zero-order chi connectivity index (χ0) is 28.8. The van der Waals surface area contributed by atoms with Crippen molar-refractivity contribution in [1.29, 1.82) is 0 Å². The smallest absolute Gasteiger partial charge is 0.301 e. The van der Waals surface area contributed by atoms with Crippen molar-refractivity contribution in [2.45, 2.75) is 35.6 Å². The molecular weight excluding hydrogens is 625 g/mol. The van der Waals surface area contributed by atoms with Crippen LogP contribution in [0.5, 0.6) is 5.75 Å². The van der Waals surface area contributed by atoms with Crippen molar-refractivity contribution in [1.82, 2.24) is 10.2 Å². The van der Waals surface area contributed by atoms with Crippen LogP contribution in [-0.4, -0.2) is 33.1 Å². The van der Waals surface area contributed by atoms with E-state index in [-0.39, 0.29) is 22.6 Å². The van der Waals surface area contributed by atoms with Crippen molar-refractivity contribution in [3.63, 3.8) is 0 Å². The molecule has 3 aromatic carbocycles. The summed E-state index contributed by atoms with van der Waals surface area (Å²) >= 11 is 21.2. The van der Waals surface area contributed by atoms with Crippen LogP contribution < -0.4 is 9.64 Å². The Hall–Kier alpha value is -3.08. The first-order valence-electron chi connectivity index (χ1n) is 12.5. The number of Topliss-reactive ketones (excluding diaryl/α,β-unsaturated/α-hetero) is 1. The summed E-state index contributed by atoms with van der Waals surface area (Å²) in [7, 11) is 0. The Morgan fingerprint density at radius 1 is 1.07 bits per heavy atom. The molecule has 0 bridgehead atoms. The van der Waals surface area contributed by atoms with Crippen molar-refractivity contribution in [3.05, 3.63) is 104 Å². The molecule has 1 aromatic heterocycles. The summed E-state index contributed by atoms with van der Waals surface area (Å²) in [6.45, 7) is 1.96. The molecule has 0 radical (unpaired) electrons. The average molecular weight is 645 g/mol. The number of hydrogen-bond donors (Lipinski definition) is 1. The van der Waals surface area contributed by atoms with E-state index in [0.29, 0.717) is 42.7 Å². The van der Waals surface area contributed by atoms with Crippen LogP contribution in [-0.2, 0) is 21.8 Å². The number of ketones is 1. The van der Waals surface area contributed by atoms with E-state index in [1.54, 1.807) is 54.6 Å². The summed E-state index contributed by atoms with van der Waals surface area (Å²) in [5.74, 6) is -0.686. The molecule has 2 aliphatic heterocycles. The number of nitrogens with zero attached hydrogens (tertiary/aromatic N) is 3. The van der Waals surface area contributed by atoms with Gasteiger partial charge in [-0.05, 0) is 66.1 Å². The lowest BCUT2D eigenvalue weighted by Crippen LogP contribution is -2.29. The number of hydrogen-bond acceptors (Lipinski definition) is 8. The van der Waals surface area contributed by atoms with Crippen LogP contribution in [0.25, 0.3) is 5.76 Å². The maximum absolute atomic E-state index is 13.5. The number of aromatic nitrogens is 2. The first kappa shape index (κ1) is 28.1. The van der Waals surface area contributed by atoms with Crippen LogP contribution in [0, 0.1) is 0 Å². The molecule has 3 heterocycles. The Bertz CT molecular complexity index is 1740. The lowest BCUT2D eigenvalue weighted by molar-refractivity contribution is -0.132. The maximum Gasteiger partial charge on any atom is 0.301 e. The number of benzene rings is 3. The summed E-state index contributed by atoms with van der Waals surface area (Å²) in [5.41, 5.74) is 2.70. The summed E-state index contributed by atoms with van der Waals surface area (Å²) < 4.78 is 6.35. The molecule has 208 valence electrons. The fraction of sp³-hybridized carbons (Fsp3) is 0.172. The predicted octanol–water partition coefficient (Wildman–Crippen LogP) is 7.74. The highest BCUT2D eigenvalue weighted by Gasteiger charge is 2.48. The third-order valence-electron chi connectivity index (χ3n) is 6.75. The second-order valence-corrected chi connectivity index (χ2v) is 13.0. The molecule has 4 aromatic rings. The lowest BCUT2D eigenvalue weighted by Gasteiger charge is -2.22. The number of aliphatic hydroxyl groups is 1. The third kappa shape index (κ3) is 5.45. The summed E-state index contributed by atoms with van der Waals surface area (Å²) in [6, 6.07) is 16.4. The van der Waals surface area contributed by atoms with E-state index in [0.717, 1.165) is 28.2 Å². The Balaban J connectivity index is 1.38. The molecular formula is C29H20Cl3N3O4S2. The first-order chi connectivity index (χ1) is 19.7. The quantitative estimate of drug-likeness (QED) is 0.0755. The molecule has 0 saturated carbocycles. The minimum atomic E-state index is -0.964. The predicted molar refractivity (Wildman–Crippen MR) is 162 cm³/mol. The second kappa shape index (κ2) is 11.3. The van der Waals surface area contributed by atoms with E-state index < -0.39 is 17.7 Å². The molecule has 1 amide bonds. The molecule has 1 N–H and O–H groups in total. The van der Waals surface area contributed by atoms with Gasteiger partial charge in [0.05, 0.1) is 11.6 Å². The van der Waals surface area contributed by atoms with Crippen LogP contribution in [0.4, 0.5) is 5.13 Å². The zero-order valence-corrected chi connectivity index (χ0v) is 25.2. The molecule has 41 heavy (non-hydrogen) atoms. The molecule has 1 fully saturated rings. The van der Waals surface area contributed by atoms with E-state index in [2.05, 4.69) is 10.2 Å². The number of anilines is 1. The molecule has 0 spiro atoms. The van der Waals surface area contributed by atoms with Gasteiger partial charge in [0.15, 0.2) is 4.34 Å². The first-order valence-corrected chi connectivity index (χ1v) is 15.4. The molecule has 1 saturated heterocycles. The van der Waals surface area contributed by atoms with Crippen LogP contribution in [0.2, 0.25) is 15.1 Å². The Labute approximate surface area is 258 Å². The number of fused-ring (bicyclic) bond motifs is 1. The van der Waals surface area contributed by atoms with Crippen molar-refractivity contribution >= 4 is 80.5 Å². The largest absolute Gasteiger partial charge is 0.507 e. The number of rotatable bonds is 6. The van der Waals surface area contributed by atoms with E-state index in [1.165, 1.54) is 16.7 Å². The van der Waals surface area contributed by atoms with Crippen LogP contribution >= 0.6 is 57.9 Å². The molecule has 6 rings (SSSR count). The van der Waals surface area contributed by atoms with Gasteiger partial charge >= 0.3 is 5.91 Å². The molecule has 2 aliphatic rings. The van der Waals surface area contributed by atoms with Gasteiger partial charge in [0, 0.05) is 32.8 Å². The van der Waals surface area contributed by atoms with Crippen molar-refractivity contribution in [2.24, 2.45) is 0 Å². The van der Waals surface area contributed by atoms with Gasteiger partial charge in [-0.2, -0.15) is 0 Å². The normalized spacial score (nSPS) is 19.5. The van der Waals surface area contributed by atoms with Gasteiger partial charge in [0.25, 0.3) is 5.78 Å². The number of ether oxygens (including phenoxy) is 1. The summed E-state index contributed by atoms with van der Waals surface area (Å²) in [4.78, 5) is 28.3. The highest BCUT2D eigenvalue weighted by Crippen LogP contribution is 2.45. The van der Waals surface area contributed by atoms with Gasteiger partial charge in [0.2, 0.25) is 5.13 Å². The highest BCUT2D eigenvalue weighted by molar-refractivity contribution is 8.00. The number of thioether (sulfide) groups is 1. The van der Waals surface area contributed by atoms with Crippen LogP contribution in [0.15, 0.2) is 70.6 Å². The van der Waals surface area contributed by atoms with Crippen molar-refractivity contribution in [3.8, 4) is 5.75 Å². The van der Waals surface area contributed by atoms with Crippen molar-refractivity contribution < 1.29 is 19.4 Å². The minimum absolute atomic E-state index is 0.0135. The van der Waals surface area contributed by atoms with E-state index >= 15 is 0 Å². The molecule has 12 heteroatoms. The van der Waals surface area contributed by atoms with Gasteiger partial charge < -0.3 is 9.84 Å². The SMILES string of the molecule is CC1Cc2cc(C(O)=C3C(=O)C(=O)N(c4nnc(SCc5ccc(Cl)cc5Cl)s4)C3c3cccc(Cl)c3)ccc2O1. The molecule has 2 unspecified atom stereocenters. The number of amides is 1. The van der Waals surface area contributed by atoms with Gasteiger partial charge in [-0.3, -0.25) is 14.5 Å². The lowest BCUT2D eigenvalue weighted by atomic mass is 9.94. The van der Waals surface area contributed by atoms with Gasteiger partial charge in [-0.1, -0.05) is 76.1 Å². The van der Waals surface area contributed by atoms with Gasteiger partial charge in [0.1, 0.15) is 17.6 Å². The van der Waals surface area contributed by atoms with E-state index in [1.807, 2.05) is 13.0 Å². The minimum Gasteiger partial charge on any atom is -0.507 e. The number of carbonyl (C=O) groups is 2. The Morgan fingerprint density at radius 2 is 1.88 bits per heavy atom. The Kier molecular flexibility index (Phi) is 7.74. The van der Waals surface area contributed by atoms with E-state index in [9.17, 15) is 14.7 Å². The number of aliphatic hydroxyl groups excluding tert-OH is 1.